The number of piperidine rings is 3. The number of nitrogens with zero attached hydrogens (tertiary/aromatic N) is 7. The van der Waals surface area contributed by atoms with Crippen LogP contribution in [0, 0.1) is 24.6 Å². The van der Waals surface area contributed by atoms with Gasteiger partial charge in [-0.05, 0) is 124 Å². The van der Waals surface area contributed by atoms with Crippen molar-refractivity contribution in [2.24, 2.45) is 11.8 Å². The van der Waals surface area contributed by atoms with Crippen LogP contribution in [0.1, 0.15) is 106 Å². The molecule has 3 fully saturated rings. The van der Waals surface area contributed by atoms with Crippen LogP contribution in [0.15, 0.2) is 67.0 Å². The Morgan fingerprint density at radius 2 is 1.49 bits per heavy atom. The standard InChI is InChI=1S/C48H50F4N10O5/c1-27-20-32(8-9-37(27)61-26-33(23-54-61)42(64)53-24-40-55-46(58-57-40)47(2,3)48(50,51)52)29-6-4-28(5-7-29)25-59-16-12-30(13-17-59)31-14-18-60(19-15-31)39-22-35-34(21-36(39)49)44(66)62(45(35)67)38-10-11-41(63)56-43(38)65/h4-9,20-23,26,30-31,38H,10-19,24-25H2,1-3H3,(H,53,64)(H,55,57,58)(H,56,63,65). The average molecular weight is 923 g/mol. The van der Waals surface area contributed by atoms with Crippen LogP contribution in [-0.2, 0) is 28.1 Å². The highest BCUT2D eigenvalue weighted by Crippen LogP contribution is 2.40. The summed E-state index contributed by atoms with van der Waals surface area (Å²) >= 11 is 0. The maximum absolute atomic E-state index is 15.5. The number of nitrogens with one attached hydrogen (secondary N) is 3. The Hall–Kier alpha value is -6.76. The van der Waals surface area contributed by atoms with E-state index in [9.17, 15) is 37.1 Å². The number of likely N-dealkylation sites (tertiary alicyclic amines) is 1. The number of hydrogen-bond acceptors (Lipinski definition) is 10. The van der Waals surface area contributed by atoms with E-state index in [2.05, 4.69) is 66.1 Å². The zero-order valence-electron chi connectivity index (χ0n) is 37.3. The molecule has 4 aliphatic heterocycles. The van der Waals surface area contributed by atoms with E-state index in [1.54, 1.807) is 10.9 Å². The molecule has 4 aliphatic rings. The van der Waals surface area contributed by atoms with Gasteiger partial charge in [-0.1, -0.05) is 30.3 Å². The van der Waals surface area contributed by atoms with Gasteiger partial charge in [0.05, 0.1) is 40.8 Å². The van der Waals surface area contributed by atoms with Gasteiger partial charge in [-0.3, -0.25) is 44.2 Å². The molecule has 0 spiro atoms. The lowest BCUT2D eigenvalue weighted by Gasteiger charge is -2.41. The fourth-order valence-electron chi connectivity index (χ4n) is 9.69. The van der Waals surface area contributed by atoms with Crippen molar-refractivity contribution in [3.05, 3.63) is 112 Å². The third-order valence-electron chi connectivity index (χ3n) is 13.9. The number of H-pyrrole nitrogens is 1. The first-order valence-corrected chi connectivity index (χ1v) is 22.5. The van der Waals surface area contributed by atoms with Crippen molar-refractivity contribution in [1.29, 1.82) is 0 Å². The summed E-state index contributed by atoms with van der Waals surface area (Å²) in [5.41, 5.74) is 3.37. The van der Waals surface area contributed by atoms with Gasteiger partial charge >= 0.3 is 6.18 Å². The molecule has 6 heterocycles. The molecule has 350 valence electrons. The molecule has 9 rings (SSSR count). The van der Waals surface area contributed by atoms with Gasteiger partial charge < -0.3 is 10.2 Å². The second kappa shape index (κ2) is 17.8. The Labute approximate surface area is 383 Å². The number of aromatic nitrogens is 5. The molecule has 5 amide bonds. The Balaban J connectivity index is 0.736. The topological polar surface area (TPSA) is 179 Å². The van der Waals surface area contributed by atoms with Crippen LogP contribution in [0.25, 0.3) is 16.8 Å². The minimum Gasteiger partial charge on any atom is -0.369 e. The van der Waals surface area contributed by atoms with E-state index in [4.69, 9.17) is 0 Å². The predicted octanol–water partition coefficient (Wildman–Crippen LogP) is 6.40. The summed E-state index contributed by atoms with van der Waals surface area (Å²) in [6, 6.07) is 16.0. The van der Waals surface area contributed by atoms with Crippen LogP contribution in [0.4, 0.5) is 23.2 Å². The second-order valence-corrected chi connectivity index (χ2v) is 18.5. The van der Waals surface area contributed by atoms with Gasteiger partial charge in [0, 0.05) is 32.3 Å². The lowest BCUT2D eigenvalue weighted by Crippen LogP contribution is -2.54. The Bertz CT molecular complexity index is 2750. The van der Waals surface area contributed by atoms with E-state index in [0.717, 1.165) is 92.5 Å². The maximum atomic E-state index is 15.5. The highest BCUT2D eigenvalue weighted by Gasteiger charge is 2.51. The molecule has 3 N–H and O–H groups in total. The fourth-order valence-corrected chi connectivity index (χ4v) is 9.69. The number of imide groups is 2. The fraction of sp³-hybridized carbons (Fsp3) is 0.417. The molecule has 1 unspecified atom stereocenters. The average Bonchev–Trinajstić information content (AvgIpc) is 4.05. The molecule has 2 aromatic heterocycles. The second-order valence-electron chi connectivity index (χ2n) is 18.5. The number of halogens is 4. The van der Waals surface area contributed by atoms with Crippen molar-refractivity contribution in [3.8, 4) is 16.8 Å². The first kappa shape index (κ1) is 45.4. The van der Waals surface area contributed by atoms with Crippen molar-refractivity contribution < 1.29 is 41.5 Å². The van der Waals surface area contributed by atoms with E-state index in [1.165, 1.54) is 17.8 Å². The molecule has 3 saturated heterocycles. The monoisotopic (exact) mass is 922 g/mol. The number of rotatable bonds is 11. The van der Waals surface area contributed by atoms with Gasteiger partial charge in [-0.25, -0.2) is 14.1 Å². The number of carbonyl (C=O) groups is 5. The molecule has 0 radical (unpaired) electrons. The largest absolute Gasteiger partial charge is 0.401 e. The van der Waals surface area contributed by atoms with Gasteiger partial charge in [-0.2, -0.15) is 23.4 Å². The SMILES string of the molecule is Cc1cc(-c2ccc(CN3CCC(C4CCN(c5cc6c(cc5F)C(=O)N(C5CCC(=O)NC5=O)C6=O)CC4)CC3)cc2)ccc1-n1cc(C(=O)NCc2nc(C(C)(C)C(F)(F)F)n[nH]2)cn1. The Morgan fingerprint density at radius 3 is 2.15 bits per heavy atom. The van der Waals surface area contributed by atoms with Crippen LogP contribution in [0.2, 0.25) is 0 Å². The molecular formula is C48H50F4N10O5. The van der Waals surface area contributed by atoms with Crippen molar-refractivity contribution in [3.63, 3.8) is 0 Å². The quantitative estimate of drug-likeness (QED) is 0.0992. The summed E-state index contributed by atoms with van der Waals surface area (Å²) < 4.78 is 57.3. The zero-order chi connectivity index (χ0) is 47.4. The first-order chi connectivity index (χ1) is 31.9. The lowest BCUT2D eigenvalue weighted by molar-refractivity contribution is -0.182. The maximum Gasteiger partial charge on any atom is 0.401 e. The normalized spacial score (nSPS) is 19.0. The number of amides is 5. The zero-order valence-corrected chi connectivity index (χ0v) is 37.3. The molecule has 0 aliphatic carbocycles. The Morgan fingerprint density at radius 1 is 0.836 bits per heavy atom. The van der Waals surface area contributed by atoms with E-state index in [1.807, 2.05) is 24.0 Å². The predicted molar refractivity (Wildman–Crippen MR) is 236 cm³/mol. The van der Waals surface area contributed by atoms with Gasteiger partial charge in [0.1, 0.15) is 23.1 Å². The number of alkyl halides is 3. The molecule has 15 nitrogen and oxygen atoms in total. The van der Waals surface area contributed by atoms with Crippen molar-refractivity contribution in [2.45, 2.75) is 90.0 Å². The van der Waals surface area contributed by atoms with E-state index in [0.29, 0.717) is 24.9 Å². The van der Waals surface area contributed by atoms with Crippen LogP contribution < -0.4 is 15.5 Å². The number of aryl methyl sites for hydroxylation is 1. The molecule has 19 heteroatoms. The molecule has 1 atom stereocenters. The van der Waals surface area contributed by atoms with Gasteiger partial charge in [0.2, 0.25) is 11.8 Å². The summed E-state index contributed by atoms with van der Waals surface area (Å²) in [6.45, 7) is 7.88. The van der Waals surface area contributed by atoms with E-state index in [-0.39, 0.29) is 47.6 Å². The number of anilines is 1. The number of hydrogen-bond donors (Lipinski definition) is 3. The van der Waals surface area contributed by atoms with Crippen molar-refractivity contribution >= 4 is 35.2 Å². The highest BCUT2D eigenvalue weighted by molar-refractivity contribution is 6.23. The molecule has 67 heavy (non-hydrogen) atoms. The third-order valence-corrected chi connectivity index (χ3v) is 13.9. The third kappa shape index (κ3) is 8.95. The van der Waals surface area contributed by atoms with Crippen LogP contribution in [-0.4, -0.2) is 103 Å². The summed E-state index contributed by atoms with van der Waals surface area (Å²) in [5.74, 6) is -2.81. The number of carbonyl (C=O) groups excluding carboxylic acids is 5. The molecule has 0 bridgehead atoms. The number of fused-ring (bicyclic) bond motifs is 1. The summed E-state index contributed by atoms with van der Waals surface area (Å²) in [7, 11) is 0. The summed E-state index contributed by atoms with van der Waals surface area (Å²) in [5, 5.41) is 15.4. The number of aromatic amines is 1. The van der Waals surface area contributed by atoms with E-state index >= 15 is 4.39 Å². The Kier molecular flexibility index (Phi) is 12.1. The lowest BCUT2D eigenvalue weighted by atomic mass is 9.78. The minimum absolute atomic E-state index is 0.0121. The van der Waals surface area contributed by atoms with Gasteiger partial charge in [0.25, 0.3) is 17.7 Å². The highest BCUT2D eigenvalue weighted by atomic mass is 19.4. The van der Waals surface area contributed by atoms with Crippen LogP contribution >= 0.6 is 0 Å². The number of benzene rings is 3. The van der Waals surface area contributed by atoms with E-state index < -0.39 is 58.8 Å². The summed E-state index contributed by atoms with van der Waals surface area (Å²) in [6.07, 6.45) is 2.47. The van der Waals surface area contributed by atoms with Gasteiger partial charge in [-0.15, -0.1) is 0 Å². The van der Waals surface area contributed by atoms with Crippen molar-refractivity contribution in [2.75, 3.05) is 31.1 Å². The van der Waals surface area contributed by atoms with Crippen molar-refractivity contribution in [1.82, 2.24) is 45.4 Å². The molecule has 0 saturated carbocycles. The molecule has 5 aromatic rings. The van der Waals surface area contributed by atoms with Gasteiger partial charge in [0.15, 0.2) is 5.82 Å². The van der Waals surface area contributed by atoms with Crippen LogP contribution in [0.3, 0.4) is 0 Å². The molecular weight excluding hydrogens is 873 g/mol. The molecule has 3 aromatic carbocycles. The van der Waals surface area contributed by atoms with Crippen LogP contribution in [0.5, 0.6) is 0 Å². The first-order valence-electron chi connectivity index (χ1n) is 22.5. The summed E-state index contributed by atoms with van der Waals surface area (Å²) in [4.78, 5) is 72.7. The smallest absolute Gasteiger partial charge is 0.369 e. The minimum atomic E-state index is -4.54.